The highest BCUT2D eigenvalue weighted by Gasteiger charge is 2.21. The molecule has 6 heteroatoms. The fourth-order valence-corrected chi connectivity index (χ4v) is 2.32. The Bertz CT molecular complexity index is 555. The largest absolute Gasteiger partial charge is 0.486 e. The normalized spacial score (nSPS) is 14.5. The van der Waals surface area contributed by atoms with E-state index in [0.29, 0.717) is 31.1 Å². The molecule has 1 amide bonds. The predicted octanol–water partition coefficient (Wildman–Crippen LogP) is 1.62. The molecule has 6 nitrogen and oxygen atoms in total. The molecule has 120 valence electrons. The molecular formula is C16H21NO5. The van der Waals surface area contributed by atoms with Crippen LogP contribution in [0.3, 0.4) is 0 Å². The summed E-state index contributed by atoms with van der Waals surface area (Å²) in [6.07, 6.45) is 0.515. The van der Waals surface area contributed by atoms with Crippen LogP contribution in [0.25, 0.3) is 0 Å². The molecular weight excluding hydrogens is 286 g/mol. The van der Waals surface area contributed by atoms with E-state index in [-0.39, 0.29) is 18.2 Å². The Morgan fingerprint density at radius 1 is 1.23 bits per heavy atom. The van der Waals surface area contributed by atoms with E-state index in [1.54, 1.807) is 18.2 Å². The number of carbonyl (C=O) groups is 2. The zero-order chi connectivity index (χ0) is 16.1. The third-order valence-corrected chi connectivity index (χ3v) is 3.31. The minimum Gasteiger partial charge on any atom is -0.486 e. The molecule has 0 aliphatic carbocycles. The van der Waals surface area contributed by atoms with Gasteiger partial charge >= 0.3 is 5.97 Å². The van der Waals surface area contributed by atoms with Gasteiger partial charge in [-0.25, -0.2) is 4.79 Å². The molecule has 1 atom stereocenters. The van der Waals surface area contributed by atoms with Crippen LogP contribution in [0, 0.1) is 5.92 Å². The lowest BCUT2D eigenvalue weighted by Gasteiger charge is -2.19. The third kappa shape index (κ3) is 4.38. The average Bonchev–Trinajstić information content (AvgIpc) is 2.45. The molecule has 1 aliphatic heterocycles. The maximum absolute atomic E-state index is 12.0. The first-order valence-electron chi connectivity index (χ1n) is 7.36. The molecule has 2 rings (SSSR count). The highest BCUT2D eigenvalue weighted by atomic mass is 16.6. The van der Waals surface area contributed by atoms with Crippen LogP contribution in [0.2, 0.25) is 0 Å². The van der Waals surface area contributed by atoms with Crippen LogP contribution in [0.15, 0.2) is 18.2 Å². The Morgan fingerprint density at radius 3 is 2.55 bits per heavy atom. The molecule has 0 unspecified atom stereocenters. The van der Waals surface area contributed by atoms with E-state index >= 15 is 0 Å². The summed E-state index contributed by atoms with van der Waals surface area (Å²) >= 11 is 0. The van der Waals surface area contributed by atoms with Crippen LogP contribution in [0.4, 0.5) is 0 Å². The van der Waals surface area contributed by atoms with Crippen molar-refractivity contribution in [1.29, 1.82) is 0 Å². The summed E-state index contributed by atoms with van der Waals surface area (Å²) in [6, 6.07) is 4.45. The number of rotatable bonds is 6. The van der Waals surface area contributed by atoms with Gasteiger partial charge in [0.1, 0.15) is 19.3 Å². The summed E-state index contributed by atoms with van der Waals surface area (Å²) in [5, 5.41) is 11.7. The van der Waals surface area contributed by atoms with Crippen LogP contribution >= 0.6 is 0 Å². The summed E-state index contributed by atoms with van der Waals surface area (Å²) in [4.78, 5) is 23.2. The molecule has 0 fully saturated rings. The standard InChI is InChI=1S/C16H21NO5/c1-10(2)7-12(16(19)20)17-15(18)9-11-3-4-13-14(8-11)22-6-5-21-13/h3-4,8,10,12H,5-7,9H2,1-2H3,(H,17,18)(H,19,20)/t12-/m1/s1. The molecule has 0 aromatic heterocycles. The van der Waals surface area contributed by atoms with Gasteiger partial charge < -0.3 is 19.9 Å². The van der Waals surface area contributed by atoms with Gasteiger partial charge in [0.2, 0.25) is 5.91 Å². The van der Waals surface area contributed by atoms with Gasteiger partial charge in [0.15, 0.2) is 11.5 Å². The third-order valence-electron chi connectivity index (χ3n) is 3.31. The molecule has 22 heavy (non-hydrogen) atoms. The summed E-state index contributed by atoms with van der Waals surface area (Å²) in [7, 11) is 0. The molecule has 1 heterocycles. The minimum atomic E-state index is -1.01. The first-order chi connectivity index (χ1) is 10.5. The number of fused-ring (bicyclic) bond motifs is 1. The second-order valence-corrected chi connectivity index (χ2v) is 5.74. The van der Waals surface area contributed by atoms with Gasteiger partial charge in [0.05, 0.1) is 6.42 Å². The highest BCUT2D eigenvalue weighted by molar-refractivity contribution is 5.85. The summed E-state index contributed by atoms with van der Waals surface area (Å²) in [5.41, 5.74) is 0.760. The highest BCUT2D eigenvalue weighted by Crippen LogP contribution is 2.30. The molecule has 1 aliphatic rings. The van der Waals surface area contributed by atoms with Crippen molar-refractivity contribution < 1.29 is 24.2 Å². The second-order valence-electron chi connectivity index (χ2n) is 5.74. The van der Waals surface area contributed by atoms with Crippen molar-refractivity contribution in [3.8, 4) is 11.5 Å². The quantitative estimate of drug-likeness (QED) is 0.834. The van der Waals surface area contributed by atoms with Crippen LogP contribution < -0.4 is 14.8 Å². The number of carboxylic acids is 1. The summed E-state index contributed by atoms with van der Waals surface area (Å²) < 4.78 is 10.9. The smallest absolute Gasteiger partial charge is 0.326 e. The summed E-state index contributed by atoms with van der Waals surface area (Å²) in [6.45, 7) is 4.84. The maximum atomic E-state index is 12.0. The zero-order valence-corrected chi connectivity index (χ0v) is 12.8. The predicted molar refractivity (Wildman–Crippen MR) is 80.2 cm³/mol. The topological polar surface area (TPSA) is 84.9 Å². The Kier molecular flexibility index (Phi) is 5.25. The van der Waals surface area contributed by atoms with E-state index in [4.69, 9.17) is 14.6 Å². The van der Waals surface area contributed by atoms with Gasteiger partial charge in [-0.15, -0.1) is 0 Å². The first kappa shape index (κ1) is 16.1. The number of carboxylic acid groups (broad SMARTS) is 1. The van der Waals surface area contributed by atoms with Gasteiger partial charge in [-0.3, -0.25) is 4.79 Å². The second kappa shape index (κ2) is 7.15. The van der Waals surface area contributed by atoms with Crippen molar-refractivity contribution in [3.63, 3.8) is 0 Å². The monoisotopic (exact) mass is 307 g/mol. The van der Waals surface area contributed by atoms with Crippen molar-refractivity contribution in [1.82, 2.24) is 5.32 Å². The number of amides is 1. The van der Waals surface area contributed by atoms with E-state index in [2.05, 4.69) is 5.32 Å². The Morgan fingerprint density at radius 2 is 1.91 bits per heavy atom. The van der Waals surface area contributed by atoms with Crippen LogP contribution in [0.5, 0.6) is 11.5 Å². The Labute approximate surface area is 129 Å². The first-order valence-corrected chi connectivity index (χ1v) is 7.36. The van der Waals surface area contributed by atoms with Gasteiger partial charge in [0.25, 0.3) is 0 Å². The molecule has 1 aromatic carbocycles. The van der Waals surface area contributed by atoms with E-state index in [1.807, 2.05) is 13.8 Å². The molecule has 0 spiro atoms. The van der Waals surface area contributed by atoms with Crippen molar-refractivity contribution in [3.05, 3.63) is 23.8 Å². The van der Waals surface area contributed by atoms with Crippen LogP contribution in [-0.2, 0) is 16.0 Å². The van der Waals surface area contributed by atoms with Gasteiger partial charge in [0, 0.05) is 0 Å². The van der Waals surface area contributed by atoms with Gasteiger partial charge in [-0.05, 0) is 30.0 Å². The number of hydrogen-bond acceptors (Lipinski definition) is 4. The number of ether oxygens (including phenoxy) is 2. The lowest BCUT2D eigenvalue weighted by molar-refractivity contribution is -0.142. The maximum Gasteiger partial charge on any atom is 0.326 e. The number of benzene rings is 1. The minimum absolute atomic E-state index is 0.110. The SMILES string of the molecule is CC(C)C[C@@H](NC(=O)Cc1ccc2c(c1)OCCO2)C(=O)O. The molecule has 0 bridgehead atoms. The molecule has 1 aromatic rings. The van der Waals surface area contributed by atoms with Crippen molar-refractivity contribution in [2.75, 3.05) is 13.2 Å². The van der Waals surface area contributed by atoms with Crippen LogP contribution in [0.1, 0.15) is 25.8 Å². The zero-order valence-electron chi connectivity index (χ0n) is 12.8. The number of carbonyl (C=O) groups excluding carboxylic acids is 1. The Balaban J connectivity index is 1.97. The molecule has 2 N–H and O–H groups in total. The average molecular weight is 307 g/mol. The lowest BCUT2D eigenvalue weighted by Crippen LogP contribution is -2.42. The van der Waals surface area contributed by atoms with Crippen molar-refractivity contribution in [2.45, 2.75) is 32.7 Å². The Hall–Kier alpha value is -2.24. The molecule has 0 saturated heterocycles. The van der Waals surface area contributed by atoms with E-state index in [9.17, 15) is 9.59 Å². The molecule has 0 radical (unpaired) electrons. The van der Waals surface area contributed by atoms with Gasteiger partial charge in [-0.1, -0.05) is 19.9 Å². The van der Waals surface area contributed by atoms with Crippen LogP contribution in [-0.4, -0.2) is 36.2 Å². The number of aliphatic carboxylic acids is 1. The van der Waals surface area contributed by atoms with E-state index in [0.717, 1.165) is 5.56 Å². The number of nitrogens with one attached hydrogen (secondary N) is 1. The molecule has 0 saturated carbocycles. The fourth-order valence-electron chi connectivity index (χ4n) is 2.32. The fraction of sp³-hybridized carbons (Fsp3) is 0.500. The van der Waals surface area contributed by atoms with E-state index in [1.165, 1.54) is 0 Å². The number of hydrogen-bond donors (Lipinski definition) is 2. The van der Waals surface area contributed by atoms with E-state index < -0.39 is 12.0 Å². The van der Waals surface area contributed by atoms with Crippen molar-refractivity contribution >= 4 is 11.9 Å². The van der Waals surface area contributed by atoms with Gasteiger partial charge in [-0.2, -0.15) is 0 Å². The lowest BCUT2D eigenvalue weighted by atomic mass is 10.0. The van der Waals surface area contributed by atoms with Crippen molar-refractivity contribution in [2.24, 2.45) is 5.92 Å². The summed E-state index contributed by atoms with van der Waals surface area (Å²) in [5.74, 6) is 0.150.